The summed E-state index contributed by atoms with van der Waals surface area (Å²) in [6.07, 6.45) is 0. The van der Waals surface area contributed by atoms with Crippen LogP contribution >= 0.6 is 27.3 Å². The molecule has 9 heteroatoms. The smallest absolute Gasteiger partial charge is 0.265 e. The van der Waals surface area contributed by atoms with Crippen molar-refractivity contribution in [3.8, 4) is 5.75 Å². The van der Waals surface area contributed by atoms with E-state index in [9.17, 15) is 4.79 Å². The van der Waals surface area contributed by atoms with Crippen LogP contribution in [0.3, 0.4) is 0 Å². The summed E-state index contributed by atoms with van der Waals surface area (Å²) < 4.78 is 10.7. The lowest BCUT2D eigenvalue weighted by molar-refractivity contribution is 0.103. The summed E-state index contributed by atoms with van der Waals surface area (Å²) in [5.74, 6) is 0.716. The summed E-state index contributed by atoms with van der Waals surface area (Å²) in [7, 11) is 0. The molecule has 1 amide bonds. The fraction of sp³-hybridized carbons (Fsp3) is 0.320. The van der Waals surface area contributed by atoms with Crippen molar-refractivity contribution < 1.29 is 9.53 Å². The van der Waals surface area contributed by atoms with Gasteiger partial charge >= 0.3 is 0 Å². The molecule has 0 fully saturated rings. The Hall–Kier alpha value is -2.91. The van der Waals surface area contributed by atoms with Crippen molar-refractivity contribution >= 4 is 38.9 Å². The predicted octanol–water partition coefficient (Wildman–Crippen LogP) is 6.09. The van der Waals surface area contributed by atoms with Crippen LogP contribution in [0, 0.1) is 41.5 Å². The normalized spacial score (nSPS) is 11.1. The zero-order valence-corrected chi connectivity index (χ0v) is 22.6. The fourth-order valence-electron chi connectivity index (χ4n) is 3.74. The highest BCUT2D eigenvalue weighted by molar-refractivity contribution is 9.10. The largest absolute Gasteiger partial charge is 0.489 e. The lowest BCUT2D eigenvalue weighted by Crippen LogP contribution is -2.15. The van der Waals surface area contributed by atoms with Crippen molar-refractivity contribution in [1.82, 2.24) is 19.6 Å². The number of hydrogen-bond acceptors (Lipinski definition) is 5. The molecular weight excluding hydrogens is 514 g/mol. The molecule has 0 bridgehead atoms. The molecule has 4 aromatic rings. The van der Waals surface area contributed by atoms with Crippen molar-refractivity contribution in [3.63, 3.8) is 0 Å². The van der Waals surface area contributed by atoms with E-state index in [1.54, 1.807) is 0 Å². The first-order chi connectivity index (χ1) is 16.2. The second-order valence-corrected chi connectivity index (χ2v) is 10.1. The molecule has 0 aliphatic rings. The molecular formula is C25H28BrN5O2S. The molecule has 0 radical (unpaired) electrons. The van der Waals surface area contributed by atoms with Crippen molar-refractivity contribution in [1.29, 1.82) is 0 Å². The molecule has 3 heterocycles. The number of aromatic nitrogens is 4. The number of carbonyl (C=O) groups is 1. The van der Waals surface area contributed by atoms with Crippen LogP contribution in [-0.2, 0) is 13.3 Å². The minimum atomic E-state index is -0.150. The van der Waals surface area contributed by atoms with Gasteiger partial charge in [-0.05, 0) is 86.1 Å². The monoisotopic (exact) mass is 541 g/mol. The Labute approximate surface area is 211 Å². The van der Waals surface area contributed by atoms with Gasteiger partial charge in [0.05, 0.1) is 37.8 Å². The molecule has 0 spiro atoms. The molecule has 1 aromatic carbocycles. The van der Waals surface area contributed by atoms with Crippen molar-refractivity contribution in [2.75, 3.05) is 5.32 Å². The Morgan fingerprint density at radius 2 is 1.76 bits per heavy atom. The quantitative estimate of drug-likeness (QED) is 0.307. The Bertz CT molecular complexity index is 1370. The summed E-state index contributed by atoms with van der Waals surface area (Å²) in [4.78, 5) is 13.6. The van der Waals surface area contributed by atoms with Crippen LogP contribution in [0.15, 0.2) is 34.1 Å². The van der Waals surface area contributed by atoms with Crippen LogP contribution in [0.2, 0.25) is 0 Å². The standard InChI is InChI=1S/C25H28BrN5O2S/c1-14-8-7-9-21(15(14)2)33-11-20-10-22(34-12-20)25(32)27-24-17(4)29-31(19(24)6)13-30-18(5)23(26)16(3)28-30/h7-10,12H,11,13H2,1-6H3,(H,27,32). The van der Waals surface area contributed by atoms with Gasteiger partial charge in [0, 0.05) is 5.56 Å². The zero-order valence-electron chi connectivity index (χ0n) is 20.2. The number of nitrogens with one attached hydrogen (secondary N) is 1. The van der Waals surface area contributed by atoms with Gasteiger partial charge in [-0.2, -0.15) is 10.2 Å². The average Bonchev–Trinajstić information content (AvgIpc) is 3.45. The highest BCUT2D eigenvalue weighted by Crippen LogP contribution is 2.26. The van der Waals surface area contributed by atoms with E-state index in [0.29, 0.717) is 18.2 Å². The number of hydrogen-bond donors (Lipinski definition) is 1. The Kier molecular flexibility index (Phi) is 6.95. The highest BCUT2D eigenvalue weighted by atomic mass is 79.9. The first kappa shape index (κ1) is 24.2. The van der Waals surface area contributed by atoms with Gasteiger partial charge in [0.2, 0.25) is 0 Å². The van der Waals surface area contributed by atoms with Gasteiger partial charge in [0.15, 0.2) is 0 Å². The third-order valence-corrected chi connectivity index (χ3v) is 8.13. The average molecular weight is 543 g/mol. The Morgan fingerprint density at radius 1 is 1.06 bits per heavy atom. The van der Waals surface area contributed by atoms with E-state index in [2.05, 4.69) is 51.4 Å². The minimum absolute atomic E-state index is 0.150. The van der Waals surface area contributed by atoms with Crippen molar-refractivity contribution in [3.05, 3.63) is 78.5 Å². The summed E-state index contributed by atoms with van der Waals surface area (Å²) in [5, 5.41) is 14.2. The lowest BCUT2D eigenvalue weighted by Gasteiger charge is -2.10. The molecule has 4 rings (SSSR count). The molecule has 3 aromatic heterocycles. The second-order valence-electron chi connectivity index (χ2n) is 8.43. The van der Waals surface area contributed by atoms with Gasteiger partial charge in [-0.3, -0.25) is 4.79 Å². The summed E-state index contributed by atoms with van der Waals surface area (Å²) in [6, 6.07) is 7.91. The van der Waals surface area contributed by atoms with Gasteiger partial charge < -0.3 is 10.1 Å². The van der Waals surface area contributed by atoms with Crippen LogP contribution in [0.4, 0.5) is 5.69 Å². The molecule has 7 nitrogen and oxygen atoms in total. The fourth-order valence-corrected chi connectivity index (χ4v) is 4.82. The van der Waals surface area contributed by atoms with Crippen LogP contribution in [0.25, 0.3) is 0 Å². The maximum atomic E-state index is 13.0. The van der Waals surface area contributed by atoms with Gasteiger partial charge in [0.1, 0.15) is 19.0 Å². The van der Waals surface area contributed by atoms with E-state index in [0.717, 1.165) is 49.8 Å². The molecule has 178 valence electrons. The van der Waals surface area contributed by atoms with E-state index in [4.69, 9.17) is 4.74 Å². The highest BCUT2D eigenvalue weighted by Gasteiger charge is 2.18. The van der Waals surface area contributed by atoms with Gasteiger partial charge in [-0.15, -0.1) is 11.3 Å². The van der Waals surface area contributed by atoms with Gasteiger partial charge in [-0.25, -0.2) is 9.36 Å². The van der Waals surface area contributed by atoms with Crippen LogP contribution in [0.1, 0.15) is 49.1 Å². The van der Waals surface area contributed by atoms with E-state index in [1.807, 2.05) is 60.6 Å². The summed E-state index contributed by atoms with van der Waals surface area (Å²) in [5.41, 5.74) is 7.63. The maximum absolute atomic E-state index is 13.0. The number of carbonyl (C=O) groups excluding carboxylic acids is 1. The number of amides is 1. The van der Waals surface area contributed by atoms with Crippen LogP contribution in [-0.4, -0.2) is 25.5 Å². The molecule has 0 saturated carbocycles. The molecule has 34 heavy (non-hydrogen) atoms. The molecule has 1 N–H and O–H groups in total. The molecule has 0 aliphatic heterocycles. The van der Waals surface area contributed by atoms with E-state index in [1.165, 1.54) is 16.9 Å². The third kappa shape index (κ3) is 4.81. The SMILES string of the molecule is Cc1cccc(OCc2csc(C(=O)Nc3c(C)nn(Cn4nc(C)c(Br)c4C)c3C)c2)c1C. The number of rotatable bonds is 7. The zero-order chi connectivity index (χ0) is 24.6. The van der Waals surface area contributed by atoms with Gasteiger partial charge in [-0.1, -0.05) is 12.1 Å². The summed E-state index contributed by atoms with van der Waals surface area (Å²) >= 11 is 4.97. The number of halogens is 1. The van der Waals surface area contributed by atoms with Gasteiger partial charge in [0.25, 0.3) is 5.91 Å². The Morgan fingerprint density at radius 3 is 2.47 bits per heavy atom. The van der Waals surface area contributed by atoms with Crippen LogP contribution < -0.4 is 10.1 Å². The molecule has 0 atom stereocenters. The minimum Gasteiger partial charge on any atom is -0.489 e. The first-order valence-electron chi connectivity index (χ1n) is 11.0. The predicted molar refractivity (Wildman–Crippen MR) is 139 cm³/mol. The number of nitrogens with zero attached hydrogens (tertiary/aromatic N) is 4. The van der Waals surface area contributed by atoms with E-state index >= 15 is 0 Å². The van der Waals surface area contributed by atoms with E-state index in [-0.39, 0.29) is 5.91 Å². The lowest BCUT2D eigenvalue weighted by atomic mass is 10.1. The summed E-state index contributed by atoms with van der Waals surface area (Å²) in [6.45, 7) is 12.8. The number of thiophene rings is 1. The first-order valence-corrected chi connectivity index (χ1v) is 12.6. The van der Waals surface area contributed by atoms with Crippen molar-refractivity contribution in [2.24, 2.45) is 0 Å². The molecule has 0 unspecified atom stereocenters. The maximum Gasteiger partial charge on any atom is 0.265 e. The van der Waals surface area contributed by atoms with E-state index < -0.39 is 0 Å². The number of anilines is 1. The van der Waals surface area contributed by atoms with Crippen LogP contribution in [0.5, 0.6) is 5.75 Å². The number of aryl methyl sites for hydroxylation is 3. The third-order valence-electron chi connectivity index (χ3n) is 6.01. The number of ether oxygens (including phenoxy) is 1. The topological polar surface area (TPSA) is 74.0 Å². The molecule has 0 aliphatic carbocycles. The number of benzene rings is 1. The van der Waals surface area contributed by atoms with Crippen molar-refractivity contribution in [2.45, 2.75) is 54.8 Å². The molecule has 0 saturated heterocycles. The Balaban J connectivity index is 1.44. The second kappa shape index (κ2) is 9.76.